The number of aromatic amines is 1. The average Bonchev–Trinajstić information content (AvgIpc) is 3.35. The lowest BCUT2D eigenvalue weighted by atomic mass is 9.89. The number of benzene rings is 1. The van der Waals surface area contributed by atoms with E-state index in [1.165, 1.54) is 11.3 Å². The molecule has 0 unspecified atom stereocenters. The van der Waals surface area contributed by atoms with Crippen LogP contribution in [0, 0.1) is 0 Å². The number of fused-ring (bicyclic) bond motifs is 3. The molecule has 6 nitrogen and oxygen atoms in total. The first-order chi connectivity index (χ1) is 13.9. The number of hydrogen-bond acceptors (Lipinski definition) is 5. The molecule has 29 heavy (non-hydrogen) atoms. The summed E-state index contributed by atoms with van der Waals surface area (Å²) in [5, 5.41) is 2.76. The molecular formula is C21H22N2O4S2. The van der Waals surface area contributed by atoms with Crippen LogP contribution in [0.25, 0.3) is 22.0 Å². The van der Waals surface area contributed by atoms with Crippen LogP contribution in [0.2, 0.25) is 0 Å². The van der Waals surface area contributed by atoms with Gasteiger partial charge in [-0.05, 0) is 71.9 Å². The molecule has 2 saturated heterocycles. The number of thiophene rings is 1. The molecule has 0 spiro atoms. The second kappa shape index (κ2) is 6.70. The first-order valence-corrected chi connectivity index (χ1v) is 12.2. The molecule has 1 aromatic carbocycles. The molecule has 0 aliphatic carbocycles. The van der Waals surface area contributed by atoms with Gasteiger partial charge in [0, 0.05) is 22.1 Å². The highest BCUT2D eigenvalue weighted by molar-refractivity contribution is 8.25. The number of hydrogen-bond donors (Lipinski definition) is 4. The number of aldehydes is 1. The van der Waals surface area contributed by atoms with Crippen LogP contribution >= 0.6 is 21.9 Å². The Bertz CT molecular complexity index is 1120. The van der Waals surface area contributed by atoms with Crippen molar-refractivity contribution in [2.45, 2.75) is 42.1 Å². The van der Waals surface area contributed by atoms with Crippen molar-refractivity contribution in [2.75, 3.05) is 0 Å². The van der Waals surface area contributed by atoms with Crippen LogP contribution in [0.5, 0.6) is 0 Å². The van der Waals surface area contributed by atoms with E-state index < -0.39 is 16.5 Å². The van der Waals surface area contributed by atoms with Gasteiger partial charge in [-0.3, -0.25) is 18.7 Å². The third-order valence-electron chi connectivity index (χ3n) is 6.48. The van der Waals surface area contributed by atoms with Crippen LogP contribution in [0.15, 0.2) is 29.8 Å². The summed E-state index contributed by atoms with van der Waals surface area (Å²) in [5.74, 6) is -0.292. The lowest BCUT2D eigenvalue weighted by molar-refractivity contribution is 0.100. The minimum atomic E-state index is -2.50. The van der Waals surface area contributed by atoms with Gasteiger partial charge in [0.05, 0.1) is 16.0 Å². The van der Waals surface area contributed by atoms with Gasteiger partial charge in [-0.1, -0.05) is 0 Å². The van der Waals surface area contributed by atoms with E-state index >= 15 is 0 Å². The van der Waals surface area contributed by atoms with Crippen LogP contribution in [0.1, 0.15) is 57.2 Å². The first-order valence-electron chi connectivity index (χ1n) is 9.63. The molecule has 3 aromatic rings. The van der Waals surface area contributed by atoms with E-state index in [0.29, 0.717) is 16.0 Å². The molecular weight excluding hydrogens is 408 g/mol. The molecule has 4 heterocycles. The Morgan fingerprint density at radius 2 is 1.90 bits per heavy atom. The van der Waals surface area contributed by atoms with Gasteiger partial charge in [0.25, 0.3) is 5.91 Å². The Labute approximate surface area is 173 Å². The summed E-state index contributed by atoms with van der Waals surface area (Å²) in [4.78, 5) is 27.1. The number of aromatic nitrogens is 1. The van der Waals surface area contributed by atoms with Crippen molar-refractivity contribution in [3.8, 4) is 11.1 Å². The second-order valence-corrected chi connectivity index (χ2v) is 11.6. The highest BCUT2D eigenvalue weighted by Gasteiger charge is 2.47. The Morgan fingerprint density at radius 1 is 1.17 bits per heavy atom. The Balaban J connectivity index is 1.62. The van der Waals surface area contributed by atoms with Crippen molar-refractivity contribution in [2.24, 2.45) is 5.73 Å². The highest BCUT2D eigenvalue weighted by Crippen LogP contribution is 2.66. The topological polar surface area (TPSA) is 116 Å². The summed E-state index contributed by atoms with van der Waals surface area (Å²) in [6.45, 7) is 0. The summed E-state index contributed by atoms with van der Waals surface area (Å²) >= 11 is 1.36. The fraction of sp³-hybridized carbons (Fsp3) is 0.333. The molecule has 2 aliphatic heterocycles. The molecule has 1 amide bonds. The highest BCUT2D eigenvalue weighted by atomic mass is 32.3. The molecule has 2 aromatic heterocycles. The maximum atomic E-state index is 12.1. The van der Waals surface area contributed by atoms with Gasteiger partial charge in [-0.15, -0.1) is 11.3 Å². The van der Waals surface area contributed by atoms with E-state index in [9.17, 15) is 18.7 Å². The summed E-state index contributed by atoms with van der Waals surface area (Å²) in [6, 6.07) is 5.62. The minimum absolute atomic E-state index is 0.0398. The van der Waals surface area contributed by atoms with Crippen molar-refractivity contribution in [1.82, 2.24) is 4.98 Å². The van der Waals surface area contributed by atoms with E-state index in [1.54, 1.807) is 6.07 Å². The molecule has 5 rings (SSSR count). The third kappa shape index (κ3) is 2.93. The van der Waals surface area contributed by atoms with Gasteiger partial charge in [-0.25, -0.2) is 0 Å². The van der Waals surface area contributed by atoms with Gasteiger partial charge in [0.15, 0.2) is 6.29 Å². The maximum absolute atomic E-state index is 12.1. The number of nitrogens with one attached hydrogen (secondary N) is 1. The zero-order valence-electron chi connectivity index (χ0n) is 15.6. The molecule has 0 radical (unpaired) electrons. The van der Waals surface area contributed by atoms with E-state index in [4.69, 9.17) is 5.73 Å². The minimum Gasteiger partial charge on any atom is -0.366 e. The number of rotatable bonds is 4. The third-order valence-corrected chi connectivity index (χ3v) is 10.2. The molecule has 3 atom stereocenters. The Kier molecular flexibility index (Phi) is 4.36. The Hall–Kier alpha value is -2.13. The molecule has 0 saturated carbocycles. The van der Waals surface area contributed by atoms with Gasteiger partial charge in [0.1, 0.15) is 0 Å². The normalized spacial score (nSPS) is 26.5. The van der Waals surface area contributed by atoms with Gasteiger partial charge >= 0.3 is 0 Å². The number of H-pyrrole nitrogens is 1. The predicted octanol–water partition coefficient (Wildman–Crippen LogP) is 4.97. The summed E-state index contributed by atoms with van der Waals surface area (Å²) in [7, 11) is -2.50. The fourth-order valence-electron chi connectivity index (χ4n) is 5.01. The standard InChI is InChI=1S/C21H22N2O4S2/c22-21(25)18-7-11(13-3-14(9-24)28-10-13)6-17-19(8-23-20(17)18)12-4-15-1-2-16(5-12)29(15,26)27/h3,6-10,12,15-16,23,26-27H,1-2,4-5H2,(H2,22,25)/t12-,15+,16-. The van der Waals surface area contributed by atoms with E-state index in [2.05, 4.69) is 4.98 Å². The smallest absolute Gasteiger partial charge is 0.250 e. The second-order valence-electron chi connectivity index (χ2n) is 8.04. The predicted molar refractivity (Wildman–Crippen MR) is 117 cm³/mol. The molecule has 152 valence electrons. The van der Waals surface area contributed by atoms with Crippen LogP contribution < -0.4 is 5.73 Å². The number of primary amides is 1. The van der Waals surface area contributed by atoms with Crippen LogP contribution in [0.4, 0.5) is 0 Å². The van der Waals surface area contributed by atoms with Gasteiger partial charge in [0.2, 0.25) is 0 Å². The van der Waals surface area contributed by atoms with Crippen molar-refractivity contribution >= 4 is 45.0 Å². The molecule has 2 bridgehead atoms. The largest absolute Gasteiger partial charge is 0.366 e. The number of carbonyl (C=O) groups excluding carboxylic acids is 2. The number of nitrogens with two attached hydrogens (primary N) is 1. The zero-order valence-corrected chi connectivity index (χ0v) is 17.3. The van der Waals surface area contributed by atoms with E-state index in [-0.39, 0.29) is 16.4 Å². The van der Waals surface area contributed by atoms with Crippen molar-refractivity contribution in [3.05, 3.63) is 45.8 Å². The summed E-state index contributed by atoms with van der Waals surface area (Å²) in [6.07, 6.45) is 5.98. The number of carbonyl (C=O) groups is 2. The molecule has 2 fully saturated rings. The average molecular weight is 431 g/mol. The van der Waals surface area contributed by atoms with Crippen molar-refractivity contribution in [3.63, 3.8) is 0 Å². The molecule has 8 heteroatoms. The fourth-order valence-corrected chi connectivity index (χ4v) is 8.27. The SMILES string of the molecule is NC(=O)c1cc(-c2csc(C=O)c2)cc2c([C@H]3C[C@H]4CC[C@@H](C3)S4(O)O)c[nH]c12. The van der Waals surface area contributed by atoms with Gasteiger partial charge in [-0.2, -0.15) is 10.6 Å². The van der Waals surface area contributed by atoms with Crippen molar-refractivity contribution < 1.29 is 18.7 Å². The quantitative estimate of drug-likeness (QED) is 0.437. The first kappa shape index (κ1) is 18.9. The van der Waals surface area contributed by atoms with E-state index in [1.807, 2.05) is 23.7 Å². The van der Waals surface area contributed by atoms with Crippen molar-refractivity contribution in [1.29, 1.82) is 0 Å². The molecule has 2 aliphatic rings. The van der Waals surface area contributed by atoms with Crippen LogP contribution in [-0.4, -0.2) is 36.8 Å². The maximum Gasteiger partial charge on any atom is 0.250 e. The van der Waals surface area contributed by atoms with Crippen LogP contribution in [-0.2, 0) is 0 Å². The Morgan fingerprint density at radius 3 is 2.52 bits per heavy atom. The number of amides is 1. The zero-order chi connectivity index (χ0) is 20.3. The van der Waals surface area contributed by atoms with Gasteiger partial charge < -0.3 is 10.7 Å². The summed E-state index contributed by atoms with van der Waals surface area (Å²) in [5.41, 5.74) is 9.62. The van der Waals surface area contributed by atoms with Crippen LogP contribution in [0.3, 0.4) is 0 Å². The lowest BCUT2D eigenvalue weighted by Gasteiger charge is -2.46. The lowest BCUT2D eigenvalue weighted by Crippen LogP contribution is -2.28. The molecule has 5 N–H and O–H groups in total. The van der Waals surface area contributed by atoms with E-state index in [0.717, 1.165) is 54.0 Å². The monoisotopic (exact) mass is 430 g/mol. The summed E-state index contributed by atoms with van der Waals surface area (Å²) < 4.78 is 21.0.